The monoisotopic (exact) mass is 483 g/mol. The number of nitrogens with one attached hydrogen (secondary N) is 1. The van der Waals surface area contributed by atoms with Crippen LogP contribution >= 0.6 is 35.3 Å². The quantitative estimate of drug-likeness (QED) is 0.308. The lowest BCUT2D eigenvalue weighted by molar-refractivity contribution is 0.414. The van der Waals surface area contributed by atoms with Gasteiger partial charge < -0.3 is 15.8 Å². The highest BCUT2D eigenvalue weighted by Crippen LogP contribution is 2.14. The summed E-state index contributed by atoms with van der Waals surface area (Å²) in [7, 11) is 1.65. The number of rotatable bonds is 7. The van der Waals surface area contributed by atoms with Crippen LogP contribution in [0, 0.1) is 0 Å². The molecule has 0 saturated heterocycles. The first kappa shape index (κ1) is 20.2. The molecule has 0 aliphatic heterocycles. The van der Waals surface area contributed by atoms with E-state index < -0.39 is 0 Å². The van der Waals surface area contributed by atoms with Gasteiger partial charge in [0, 0.05) is 17.6 Å². The van der Waals surface area contributed by atoms with E-state index in [1.807, 2.05) is 41.2 Å². The molecule has 2 heterocycles. The van der Waals surface area contributed by atoms with E-state index in [4.69, 9.17) is 10.5 Å². The molecule has 0 radical (unpaired) electrons. The van der Waals surface area contributed by atoms with Crippen molar-refractivity contribution in [1.29, 1.82) is 0 Å². The van der Waals surface area contributed by atoms with Crippen molar-refractivity contribution in [2.45, 2.75) is 13.0 Å². The molecule has 138 valence electrons. The van der Waals surface area contributed by atoms with Gasteiger partial charge in [-0.2, -0.15) is 5.10 Å². The molecular weight excluding hydrogens is 461 g/mol. The number of methoxy groups -OCH3 is 1. The summed E-state index contributed by atoms with van der Waals surface area (Å²) in [6.45, 7) is 1.22. The van der Waals surface area contributed by atoms with E-state index >= 15 is 0 Å². The fourth-order valence-electron chi connectivity index (χ4n) is 2.32. The molecule has 6 nitrogen and oxygen atoms in total. The van der Waals surface area contributed by atoms with Gasteiger partial charge >= 0.3 is 0 Å². The zero-order chi connectivity index (χ0) is 17.5. The van der Waals surface area contributed by atoms with E-state index in [0.29, 0.717) is 12.5 Å². The Bertz CT molecular complexity index is 814. The molecule has 8 heteroatoms. The number of aromatic nitrogens is 2. The Morgan fingerprint density at radius 3 is 2.77 bits per heavy atom. The van der Waals surface area contributed by atoms with E-state index in [2.05, 4.69) is 32.9 Å². The maximum absolute atomic E-state index is 5.90. The number of nitrogens with zero attached hydrogens (tertiary/aromatic N) is 3. The first-order valence-corrected chi connectivity index (χ1v) is 8.88. The van der Waals surface area contributed by atoms with Crippen LogP contribution in [-0.2, 0) is 13.0 Å². The predicted molar refractivity (Wildman–Crippen MR) is 117 cm³/mol. The highest BCUT2D eigenvalue weighted by molar-refractivity contribution is 14.0. The largest absolute Gasteiger partial charge is 0.497 e. The van der Waals surface area contributed by atoms with Crippen molar-refractivity contribution >= 4 is 41.3 Å². The van der Waals surface area contributed by atoms with Gasteiger partial charge in [-0.05, 0) is 48.2 Å². The molecule has 0 saturated carbocycles. The van der Waals surface area contributed by atoms with E-state index in [9.17, 15) is 0 Å². The van der Waals surface area contributed by atoms with E-state index in [-0.39, 0.29) is 24.0 Å². The van der Waals surface area contributed by atoms with Crippen LogP contribution in [0.5, 0.6) is 5.75 Å². The van der Waals surface area contributed by atoms with E-state index in [1.165, 1.54) is 4.88 Å². The van der Waals surface area contributed by atoms with Gasteiger partial charge in [0.15, 0.2) is 5.96 Å². The molecule has 3 rings (SSSR count). The van der Waals surface area contributed by atoms with Crippen LogP contribution in [0.1, 0.15) is 10.6 Å². The molecular formula is C18H22IN5OS. The Kier molecular flexibility index (Phi) is 7.92. The summed E-state index contributed by atoms with van der Waals surface area (Å²) < 4.78 is 6.97. The molecule has 3 N–H and O–H groups in total. The molecule has 0 aliphatic carbocycles. The summed E-state index contributed by atoms with van der Waals surface area (Å²) in [6.07, 6.45) is 2.85. The number of nitrogens with two attached hydrogens (primary N) is 1. The Morgan fingerprint density at radius 2 is 2.08 bits per heavy atom. The van der Waals surface area contributed by atoms with Crippen molar-refractivity contribution < 1.29 is 4.74 Å². The van der Waals surface area contributed by atoms with Crippen LogP contribution in [-0.4, -0.2) is 29.4 Å². The van der Waals surface area contributed by atoms with Crippen molar-refractivity contribution in [2.24, 2.45) is 10.7 Å². The van der Waals surface area contributed by atoms with Gasteiger partial charge in [0.25, 0.3) is 0 Å². The molecule has 0 bridgehead atoms. The highest BCUT2D eigenvalue weighted by Gasteiger charge is 2.02. The van der Waals surface area contributed by atoms with Crippen LogP contribution < -0.4 is 15.8 Å². The summed E-state index contributed by atoms with van der Waals surface area (Å²) in [6, 6.07) is 13.8. The van der Waals surface area contributed by atoms with Gasteiger partial charge in [0.05, 0.1) is 25.0 Å². The number of halogens is 1. The number of ether oxygens (including phenoxy) is 1. The number of hydrogen-bond donors (Lipinski definition) is 2. The van der Waals surface area contributed by atoms with Crippen molar-refractivity contribution in [2.75, 3.05) is 13.7 Å². The first-order valence-electron chi connectivity index (χ1n) is 8.00. The molecule has 0 spiro atoms. The zero-order valence-corrected chi connectivity index (χ0v) is 17.6. The Morgan fingerprint density at radius 1 is 1.27 bits per heavy atom. The highest BCUT2D eigenvalue weighted by atomic mass is 127. The van der Waals surface area contributed by atoms with E-state index in [0.717, 1.165) is 30.1 Å². The van der Waals surface area contributed by atoms with Crippen molar-refractivity contribution in [3.05, 3.63) is 64.6 Å². The third-order valence-corrected chi connectivity index (χ3v) is 4.59. The van der Waals surface area contributed by atoms with Crippen LogP contribution in [0.15, 0.2) is 59.0 Å². The lowest BCUT2D eigenvalue weighted by atomic mass is 10.3. The minimum Gasteiger partial charge on any atom is -0.497 e. The van der Waals surface area contributed by atoms with E-state index in [1.54, 1.807) is 18.4 Å². The number of benzene rings is 1. The standard InChI is InChI=1S/C18H21N5OS.HI/c1-24-16-6-4-15(5-7-16)23-11-9-14(22-23)13-21-18(19)20-10-8-17-3-2-12-25-17;/h2-7,9,11-12H,8,10,13H2,1H3,(H3,19,20,21);1H. The minimum atomic E-state index is 0. The Balaban J connectivity index is 0.00000243. The SMILES string of the molecule is COc1ccc(-n2ccc(CN=C(N)NCCc3cccs3)n2)cc1.I. The maximum atomic E-state index is 5.90. The van der Waals surface area contributed by atoms with Gasteiger partial charge in [0.1, 0.15) is 5.75 Å². The average molecular weight is 483 g/mol. The van der Waals surface area contributed by atoms with Gasteiger partial charge in [-0.3, -0.25) is 0 Å². The number of thiophene rings is 1. The third-order valence-electron chi connectivity index (χ3n) is 3.65. The predicted octanol–water partition coefficient (Wildman–Crippen LogP) is 3.21. The smallest absolute Gasteiger partial charge is 0.188 e. The van der Waals surface area contributed by atoms with Gasteiger partial charge in [-0.25, -0.2) is 9.67 Å². The topological polar surface area (TPSA) is 77.5 Å². The molecule has 0 atom stereocenters. The second kappa shape index (κ2) is 10.2. The average Bonchev–Trinajstić information content (AvgIpc) is 3.32. The van der Waals surface area contributed by atoms with Crippen LogP contribution in [0.2, 0.25) is 0 Å². The summed E-state index contributed by atoms with van der Waals surface area (Å²) in [4.78, 5) is 5.67. The number of hydrogen-bond acceptors (Lipinski definition) is 4. The lowest BCUT2D eigenvalue weighted by Gasteiger charge is -2.04. The number of aliphatic imine (C=N–C) groups is 1. The van der Waals surface area contributed by atoms with Crippen LogP contribution in [0.25, 0.3) is 5.69 Å². The molecule has 2 aromatic heterocycles. The van der Waals surface area contributed by atoms with Crippen LogP contribution in [0.4, 0.5) is 0 Å². The normalized spacial score (nSPS) is 11.0. The molecule has 0 amide bonds. The fraction of sp³-hybridized carbons (Fsp3) is 0.222. The van der Waals surface area contributed by atoms with Gasteiger partial charge in [0.2, 0.25) is 0 Å². The van der Waals surface area contributed by atoms with Gasteiger partial charge in [-0.1, -0.05) is 6.07 Å². The molecule has 3 aromatic rings. The lowest BCUT2D eigenvalue weighted by Crippen LogP contribution is -2.33. The number of guanidine groups is 1. The van der Waals surface area contributed by atoms with Crippen molar-refractivity contribution in [3.63, 3.8) is 0 Å². The summed E-state index contributed by atoms with van der Waals surface area (Å²) in [5.41, 5.74) is 7.74. The molecule has 0 unspecified atom stereocenters. The molecule has 0 aliphatic rings. The molecule has 26 heavy (non-hydrogen) atoms. The minimum absolute atomic E-state index is 0. The summed E-state index contributed by atoms with van der Waals surface area (Å²) in [5, 5.41) is 9.72. The zero-order valence-electron chi connectivity index (χ0n) is 14.5. The summed E-state index contributed by atoms with van der Waals surface area (Å²) in [5.74, 6) is 1.26. The third kappa shape index (κ3) is 5.73. The van der Waals surface area contributed by atoms with Crippen LogP contribution in [0.3, 0.4) is 0 Å². The van der Waals surface area contributed by atoms with Crippen molar-refractivity contribution in [1.82, 2.24) is 15.1 Å². The fourth-order valence-corrected chi connectivity index (χ4v) is 3.02. The summed E-state index contributed by atoms with van der Waals surface area (Å²) >= 11 is 1.75. The Hall–Kier alpha value is -2.07. The second-order valence-electron chi connectivity index (χ2n) is 5.41. The first-order chi connectivity index (χ1) is 12.2. The maximum Gasteiger partial charge on any atom is 0.188 e. The van der Waals surface area contributed by atoms with Gasteiger partial charge in [-0.15, -0.1) is 35.3 Å². The second-order valence-corrected chi connectivity index (χ2v) is 6.44. The Labute approximate surface area is 174 Å². The molecule has 0 fully saturated rings. The molecule has 1 aromatic carbocycles. The van der Waals surface area contributed by atoms with Crippen molar-refractivity contribution in [3.8, 4) is 11.4 Å².